The lowest BCUT2D eigenvalue weighted by molar-refractivity contribution is -0.121. The lowest BCUT2D eigenvalue weighted by Gasteiger charge is -2.16. The minimum absolute atomic E-state index is 0.0178. The van der Waals surface area contributed by atoms with Crippen molar-refractivity contribution in [1.82, 2.24) is 4.98 Å². The van der Waals surface area contributed by atoms with E-state index in [9.17, 15) is 9.59 Å². The van der Waals surface area contributed by atoms with Gasteiger partial charge in [0, 0.05) is 6.20 Å². The van der Waals surface area contributed by atoms with Crippen LogP contribution in [0.1, 0.15) is 6.42 Å². The molecule has 1 saturated heterocycles. The fourth-order valence-electron chi connectivity index (χ4n) is 1.42. The Bertz CT molecular complexity index is 450. The van der Waals surface area contributed by atoms with Gasteiger partial charge in [0.05, 0.1) is 22.2 Å². The number of carbonyl (C=O) groups is 2. The average Bonchev–Trinajstić information content (AvgIpc) is 2.50. The molecule has 6 heteroatoms. The minimum atomic E-state index is -0.180. The van der Waals surface area contributed by atoms with Crippen LogP contribution in [0.5, 0.6) is 0 Å². The van der Waals surface area contributed by atoms with Crippen molar-refractivity contribution < 1.29 is 9.59 Å². The van der Waals surface area contributed by atoms with Crippen LogP contribution < -0.4 is 4.90 Å². The first kappa shape index (κ1) is 10.8. The summed E-state index contributed by atoms with van der Waals surface area (Å²) >= 11 is 7.85. The maximum absolute atomic E-state index is 11.5. The zero-order valence-corrected chi connectivity index (χ0v) is 10.4. The van der Waals surface area contributed by atoms with Crippen molar-refractivity contribution in [3.8, 4) is 0 Å². The van der Waals surface area contributed by atoms with E-state index in [2.05, 4.69) is 4.98 Å². The molecule has 0 aromatic carbocycles. The van der Waals surface area contributed by atoms with E-state index in [1.165, 1.54) is 11.1 Å². The predicted molar refractivity (Wildman–Crippen MR) is 63.9 cm³/mol. The smallest absolute Gasteiger partial charge is 0.234 e. The molecule has 1 amide bonds. The van der Waals surface area contributed by atoms with Gasteiger partial charge in [-0.1, -0.05) is 11.6 Å². The van der Waals surface area contributed by atoms with Crippen molar-refractivity contribution in [1.29, 1.82) is 0 Å². The SMILES string of the molecule is O=C1CC(=O)N(c2ccnc(Cl)c2I)C1. The van der Waals surface area contributed by atoms with Gasteiger partial charge < -0.3 is 4.90 Å². The number of carbonyl (C=O) groups excluding carboxylic acids is 2. The first-order valence-corrected chi connectivity index (χ1v) is 5.67. The number of Topliss-reactive ketones (excluding diaryl/α,β-unsaturated/α-hetero) is 1. The number of nitrogens with zero attached hydrogens (tertiary/aromatic N) is 2. The average molecular weight is 337 g/mol. The molecule has 15 heavy (non-hydrogen) atoms. The van der Waals surface area contributed by atoms with Crippen LogP contribution in [0, 0.1) is 3.57 Å². The summed E-state index contributed by atoms with van der Waals surface area (Å²) in [5.74, 6) is -0.246. The third kappa shape index (κ3) is 1.98. The Morgan fingerprint density at radius 2 is 2.20 bits per heavy atom. The standard InChI is InChI=1S/C9H6ClIN2O2/c10-9-8(11)6(1-2-12-9)13-4-5(14)3-7(13)15/h1-2H,3-4H2. The predicted octanol–water partition coefficient (Wildman–Crippen LogP) is 1.65. The van der Waals surface area contributed by atoms with Crippen LogP contribution >= 0.6 is 34.2 Å². The zero-order chi connectivity index (χ0) is 11.0. The number of hydrogen-bond donors (Lipinski definition) is 0. The van der Waals surface area contributed by atoms with E-state index in [4.69, 9.17) is 11.6 Å². The topological polar surface area (TPSA) is 50.3 Å². The summed E-state index contributed by atoms with van der Waals surface area (Å²) < 4.78 is 0.694. The molecule has 2 rings (SSSR count). The number of pyridine rings is 1. The molecule has 0 saturated carbocycles. The Morgan fingerprint density at radius 1 is 1.47 bits per heavy atom. The highest BCUT2D eigenvalue weighted by atomic mass is 127. The number of aromatic nitrogens is 1. The van der Waals surface area contributed by atoms with Crippen LogP contribution in [0.25, 0.3) is 0 Å². The molecule has 0 unspecified atom stereocenters. The summed E-state index contributed by atoms with van der Waals surface area (Å²) in [7, 11) is 0. The van der Waals surface area contributed by atoms with Crippen LogP contribution in [-0.2, 0) is 9.59 Å². The summed E-state index contributed by atoms with van der Waals surface area (Å²) in [6.45, 7) is 0.134. The van der Waals surface area contributed by atoms with E-state index in [1.807, 2.05) is 22.6 Å². The van der Waals surface area contributed by atoms with Crippen LogP contribution in [0.3, 0.4) is 0 Å². The fourth-order valence-corrected chi connectivity index (χ4v) is 2.18. The molecule has 1 aromatic rings. The maximum atomic E-state index is 11.5. The van der Waals surface area contributed by atoms with Crippen molar-refractivity contribution in [2.24, 2.45) is 0 Å². The molecular weight excluding hydrogens is 330 g/mol. The Morgan fingerprint density at radius 3 is 2.80 bits per heavy atom. The largest absolute Gasteiger partial charge is 0.303 e. The van der Waals surface area contributed by atoms with Crippen LogP contribution in [0.15, 0.2) is 12.3 Å². The molecule has 2 heterocycles. The summed E-state index contributed by atoms with van der Waals surface area (Å²) in [6.07, 6.45) is 1.51. The first-order chi connectivity index (χ1) is 7.09. The van der Waals surface area contributed by atoms with Crippen molar-refractivity contribution in [2.75, 3.05) is 11.4 Å². The first-order valence-electron chi connectivity index (χ1n) is 4.21. The lowest BCUT2D eigenvalue weighted by atomic mass is 10.3. The zero-order valence-electron chi connectivity index (χ0n) is 7.54. The van der Waals surface area contributed by atoms with E-state index < -0.39 is 0 Å². The highest BCUT2D eigenvalue weighted by Gasteiger charge is 2.30. The van der Waals surface area contributed by atoms with Crippen molar-refractivity contribution in [2.45, 2.75) is 6.42 Å². The van der Waals surface area contributed by atoms with Gasteiger partial charge in [0.1, 0.15) is 5.15 Å². The normalized spacial score (nSPS) is 16.3. The number of rotatable bonds is 1. The molecule has 0 spiro atoms. The van der Waals surface area contributed by atoms with E-state index in [0.717, 1.165) is 0 Å². The van der Waals surface area contributed by atoms with Gasteiger partial charge in [-0.15, -0.1) is 0 Å². The second kappa shape index (κ2) is 4.05. The number of halogens is 2. The Kier molecular flexibility index (Phi) is 2.92. The summed E-state index contributed by atoms with van der Waals surface area (Å²) in [6, 6.07) is 1.68. The molecule has 1 aliphatic rings. The molecule has 0 N–H and O–H groups in total. The molecular formula is C9H6ClIN2O2. The Hall–Kier alpha value is -0.690. The van der Waals surface area contributed by atoms with Crippen molar-refractivity contribution >= 4 is 51.6 Å². The van der Waals surface area contributed by atoms with Gasteiger partial charge >= 0.3 is 0 Å². The molecule has 1 aliphatic heterocycles. The van der Waals surface area contributed by atoms with Crippen LogP contribution in [0.2, 0.25) is 5.15 Å². The number of amides is 1. The molecule has 1 aromatic heterocycles. The monoisotopic (exact) mass is 336 g/mol. The van der Waals surface area contributed by atoms with E-state index in [1.54, 1.807) is 6.07 Å². The van der Waals surface area contributed by atoms with Gasteiger partial charge in [0.2, 0.25) is 5.91 Å². The third-order valence-electron chi connectivity index (χ3n) is 2.10. The van der Waals surface area contributed by atoms with Crippen LogP contribution in [-0.4, -0.2) is 23.2 Å². The van der Waals surface area contributed by atoms with Crippen LogP contribution in [0.4, 0.5) is 5.69 Å². The van der Waals surface area contributed by atoms with Crippen molar-refractivity contribution in [3.05, 3.63) is 21.0 Å². The third-order valence-corrected chi connectivity index (χ3v) is 3.77. The van der Waals surface area contributed by atoms with Gasteiger partial charge in [-0.2, -0.15) is 0 Å². The fraction of sp³-hybridized carbons (Fsp3) is 0.222. The summed E-state index contributed by atoms with van der Waals surface area (Å²) in [5, 5.41) is 0.347. The molecule has 0 aliphatic carbocycles. The Balaban J connectivity index is 2.42. The quantitative estimate of drug-likeness (QED) is 0.445. The van der Waals surface area contributed by atoms with Gasteiger partial charge in [-0.3, -0.25) is 9.59 Å². The maximum Gasteiger partial charge on any atom is 0.234 e. The van der Waals surface area contributed by atoms with E-state index in [-0.39, 0.29) is 24.7 Å². The Labute approximate surface area is 105 Å². The molecule has 0 atom stereocenters. The lowest BCUT2D eigenvalue weighted by Crippen LogP contribution is -2.25. The highest BCUT2D eigenvalue weighted by molar-refractivity contribution is 14.1. The van der Waals surface area contributed by atoms with E-state index >= 15 is 0 Å². The van der Waals surface area contributed by atoms with Gasteiger partial charge in [-0.25, -0.2) is 4.98 Å². The van der Waals surface area contributed by atoms with Gasteiger partial charge in [0.25, 0.3) is 0 Å². The second-order valence-electron chi connectivity index (χ2n) is 3.13. The molecule has 78 valence electrons. The molecule has 0 radical (unpaired) electrons. The van der Waals surface area contributed by atoms with Gasteiger partial charge in [-0.05, 0) is 28.7 Å². The van der Waals surface area contributed by atoms with Crippen molar-refractivity contribution in [3.63, 3.8) is 0 Å². The second-order valence-corrected chi connectivity index (χ2v) is 4.57. The van der Waals surface area contributed by atoms with Gasteiger partial charge in [0.15, 0.2) is 5.78 Å². The summed E-state index contributed by atoms with van der Waals surface area (Å²) in [4.78, 5) is 27.9. The number of anilines is 1. The minimum Gasteiger partial charge on any atom is -0.303 e. The molecule has 4 nitrogen and oxygen atoms in total. The highest BCUT2D eigenvalue weighted by Crippen LogP contribution is 2.29. The number of ketones is 1. The molecule has 1 fully saturated rings. The summed E-state index contributed by atoms with van der Waals surface area (Å²) in [5.41, 5.74) is 0.659. The van der Waals surface area contributed by atoms with E-state index in [0.29, 0.717) is 14.4 Å². The number of hydrogen-bond acceptors (Lipinski definition) is 3. The molecule has 0 bridgehead atoms.